The van der Waals surface area contributed by atoms with Crippen molar-refractivity contribution < 1.29 is 23.9 Å². The number of benzene rings is 2. The molecule has 2 aromatic carbocycles. The van der Waals surface area contributed by atoms with Gasteiger partial charge in [-0.15, -0.1) is 0 Å². The molecule has 4 rings (SSSR count). The molecule has 0 radical (unpaired) electrons. The monoisotopic (exact) mass is 415 g/mol. The number of fused-ring (bicyclic) bond motifs is 1. The number of piperazine rings is 1. The Bertz CT molecular complexity index is 877. The summed E-state index contributed by atoms with van der Waals surface area (Å²) in [5.74, 6) is 2.33. The molecule has 0 spiro atoms. The first kappa shape index (κ1) is 19.6. The van der Waals surface area contributed by atoms with Gasteiger partial charge in [0.05, 0.1) is 26.2 Å². The lowest BCUT2D eigenvalue weighted by molar-refractivity contribution is -0.904. The second kappa shape index (κ2) is 9.20. The highest BCUT2D eigenvalue weighted by molar-refractivity contribution is 6.30. The van der Waals surface area contributed by atoms with Gasteiger partial charge in [0.15, 0.2) is 11.5 Å². The molecule has 2 aliphatic heterocycles. The largest absolute Gasteiger partial charge is 0.488 e. The number of carbonyl (C=O) groups is 1. The van der Waals surface area contributed by atoms with E-state index in [9.17, 15) is 4.79 Å². The standard InChI is InChI=1S/C22H23ClN2O4/c23-18-3-5-19(6-4-18)27-14-13-24-9-11-25(12-10-24)22(26)8-2-17-1-7-20-21(15-17)29-16-28-20/h1-8,15H,9-14,16H2/p+1/b8-2+. The fourth-order valence-corrected chi connectivity index (χ4v) is 3.55. The first-order valence-corrected chi connectivity index (χ1v) is 10.1. The summed E-state index contributed by atoms with van der Waals surface area (Å²) in [6.45, 7) is 5.16. The predicted molar refractivity (Wildman–Crippen MR) is 111 cm³/mol. The third-order valence-corrected chi connectivity index (χ3v) is 5.39. The summed E-state index contributed by atoms with van der Waals surface area (Å²) in [5, 5.41) is 0.705. The highest BCUT2D eigenvalue weighted by atomic mass is 35.5. The minimum Gasteiger partial charge on any atom is -0.488 e. The van der Waals surface area contributed by atoms with Gasteiger partial charge in [0.1, 0.15) is 18.9 Å². The van der Waals surface area contributed by atoms with Crippen molar-refractivity contribution >= 4 is 23.6 Å². The minimum atomic E-state index is 0.0409. The van der Waals surface area contributed by atoms with Gasteiger partial charge >= 0.3 is 0 Å². The van der Waals surface area contributed by atoms with Crippen molar-refractivity contribution in [3.8, 4) is 17.2 Å². The number of rotatable bonds is 6. The zero-order valence-electron chi connectivity index (χ0n) is 16.1. The number of quaternary nitrogens is 1. The van der Waals surface area contributed by atoms with Gasteiger partial charge in [-0.1, -0.05) is 17.7 Å². The highest BCUT2D eigenvalue weighted by Gasteiger charge is 2.22. The summed E-state index contributed by atoms with van der Waals surface area (Å²) in [5.41, 5.74) is 0.922. The average molecular weight is 416 g/mol. The van der Waals surface area contributed by atoms with E-state index in [1.54, 1.807) is 6.08 Å². The summed E-state index contributed by atoms with van der Waals surface area (Å²) >= 11 is 5.88. The molecule has 0 atom stereocenters. The van der Waals surface area contributed by atoms with Crippen LogP contribution in [0, 0.1) is 0 Å². The molecule has 1 saturated heterocycles. The Balaban J connectivity index is 1.20. The first-order chi connectivity index (χ1) is 14.2. The van der Waals surface area contributed by atoms with Crippen molar-refractivity contribution in [1.82, 2.24) is 4.90 Å². The second-order valence-electron chi connectivity index (χ2n) is 7.07. The van der Waals surface area contributed by atoms with Gasteiger partial charge in [-0.3, -0.25) is 4.79 Å². The SMILES string of the molecule is O=C(/C=C/c1ccc2c(c1)OCO2)N1CC[NH+](CCOc2ccc(Cl)cc2)CC1. The fraction of sp³-hybridized carbons (Fsp3) is 0.318. The molecular formula is C22H24ClN2O4+. The van der Waals surface area contributed by atoms with Crippen LogP contribution in [0.2, 0.25) is 5.02 Å². The number of hydrogen-bond acceptors (Lipinski definition) is 4. The van der Waals surface area contributed by atoms with Crippen LogP contribution < -0.4 is 19.1 Å². The maximum Gasteiger partial charge on any atom is 0.246 e. The molecule has 0 saturated carbocycles. The Morgan fingerprint density at radius 2 is 1.86 bits per heavy atom. The average Bonchev–Trinajstić information content (AvgIpc) is 3.22. The molecule has 1 amide bonds. The lowest BCUT2D eigenvalue weighted by Gasteiger charge is -2.31. The molecule has 29 heavy (non-hydrogen) atoms. The van der Waals surface area contributed by atoms with Crippen molar-refractivity contribution in [3.63, 3.8) is 0 Å². The summed E-state index contributed by atoms with van der Waals surface area (Å²) in [4.78, 5) is 15.8. The quantitative estimate of drug-likeness (QED) is 0.732. The summed E-state index contributed by atoms with van der Waals surface area (Å²) in [6, 6.07) is 13.1. The number of amides is 1. The Morgan fingerprint density at radius 1 is 1.10 bits per heavy atom. The lowest BCUT2D eigenvalue weighted by atomic mass is 10.2. The van der Waals surface area contributed by atoms with Crippen LogP contribution in [0.3, 0.4) is 0 Å². The molecule has 1 fully saturated rings. The van der Waals surface area contributed by atoms with Crippen LogP contribution in [-0.2, 0) is 4.79 Å². The van der Waals surface area contributed by atoms with E-state index in [0.29, 0.717) is 11.6 Å². The molecule has 2 aliphatic rings. The third-order valence-electron chi connectivity index (χ3n) is 5.14. The third kappa shape index (κ3) is 5.22. The molecule has 0 bridgehead atoms. The van der Waals surface area contributed by atoms with Gasteiger partial charge in [0, 0.05) is 11.1 Å². The van der Waals surface area contributed by atoms with E-state index in [0.717, 1.165) is 55.5 Å². The number of halogens is 1. The molecule has 0 aromatic heterocycles. The molecule has 152 valence electrons. The van der Waals surface area contributed by atoms with Crippen molar-refractivity contribution in [3.05, 3.63) is 59.1 Å². The van der Waals surface area contributed by atoms with Crippen LogP contribution in [0.15, 0.2) is 48.5 Å². The van der Waals surface area contributed by atoms with Gasteiger partial charge in [-0.25, -0.2) is 0 Å². The zero-order chi connectivity index (χ0) is 20.1. The number of ether oxygens (including phenoxy) is 3. The van der Waals surface area contributed by atoms with Gasteiger partial charge < -0.3 is 24.0 Å². The van der Waals surface area contributed by atoms with Gasteiger partial charge in [0.25, 0.3) is 0 Å². The molecule has 2 aromatic rings. The molecule has 2 heterocycles. The number of carbonyl (C=O) groups excluding carboxylic acids is 1. The molecule has 0 unspecified atom stereocenters. The maximum absolute atomic E-state index is 12.5. The van der Waals surface area contributed by atoms with E-state index in [1.807, 2.05) is 53.4 Å². The topological polar surface area (TPSA) is 52.4 Å². The van der Waals surface area contributed by atoms with E-state index < -0.39 is 0 Å². The first-order valence-electron chi connectivity index (χ1n) is 9.76. The normalized spacial score (nSPS) is 16.4. The van der Waals surface area contributed by atoms with Gasteiger partial charge in [0.2, 0.25) is 12.7 Å². The molecule has 7 heteroatoms. The summed E-state index contributed by atoms with van der Waals surface area (Å²) < 4.78 is 16.4. The van der Waals surface area contributed by atoms with Crippen molar-refractivity contribution in [2.45, 2.75) is 0 Å². The Morgan fingerprint density at radius 3 is 2.66 bits per heavy atom. The van der Waals surface area contributed by atoms with Crippen LogP contribution in [0.1, 0.15) is 5.56 Å². The maximum atomic E-state index is 12.5. The van der Waals surface area contributed by atoms with E-state index in [2.05, 4.69) is 0 Å². The highest BCUT2D eigenvalue weighted by Crippen LogP contribution is 2.32. The Labute approximate surface area is 175 Å². The number of nitrogens with zero attached hydrogens (tertiary/aromatic N) is 1. The Hall–Kier alpha value is -2.70. The minimum absolute atomic E-state index is 0.0409. The molecule has 6 nitrogen and oxygen atoms in total. The van der Waals surface area contributed by atoms with Crippen molar-refractivity contribution in [2.75, 3.05) is 46.1 Å². The smallest absolute Gasteiger partial charge is 0.246 e. The summed E-state index contributed by atoms with van der Waals surface area (Å²) in [7, 11) is 0. The number of nitrogens with one attached hydrogen (secondary N) is 1. The zero-order valence-corrected chi connectivity index (χ0v) is 16.9. The van der Waals surface area contributed by atoms with Gasteiger partial charge in [-0.2, -0.15) is 0 Å². The van der Waals surface area contributed by atoms with E-state index in [1.165, 1.54) is 4.90 Å². The number of hydrogen-bond donors (Lipinski definition) is 1. The van der Waals surface area contributed by atoms with Crippen LogP contribution in [-0.4, -0.2) is 56.9 Å². The van der Waals surface area contributed by atoms with Crippen LogP contribution in [0.25, 0.3) is 6.08 Å². The van der Waals surface area contributed by atoms with Crippen LogP contribution >= 0.6 is 11.6 Å². The van der Waals surface area contributed by atoms with Crippen LogP contribution in [0.5, 0.6) is 17.2 Å². The van der Waals surface area contributed by atoms with E-state index in [-0.39, 0.29) is 12.7 Å². The molecule has 0 aliphatic carbocycles. The predicted octanol–water partition coefficient (Wildman–Crippen LogP) is 1.89. The molecule has 1 N–H and O–H groups in total. The Kier molecular flexibility index (Phi) is 6.22. The van der Waals surface area contributed by atoms with Crippen LogP contribution in [0.4, 0.5) is 0 Å². The summed E-state index contributed by atoms with van der Waals surface area (Å²) in [6.07, 6.45) is 3.45. The van der Waals surface area contributed by atoms with E-state index in [4.69, 9.17) is 25.8 Å². The molecular weight excluding hydrogens is 392 g/mol. The fourth-order valence-electron chi connectivity index (χ4n) is 3.43. The second-order valence-corrected chi connectivity index (χ2v) is 7.51. The van der Waals surface area contributed by atoms with E-state index >= 15 is 0 Å². The van der Waals surface area contributed by atoms with Crippen molar-refractivity contribution in [2.24, 2.45) is 0 Å². The lowest BCUT2D eigenvalue weighted by Crippen LogP contribution is -3.15. The van der Waals surface area contributed by atoms with Gasteiger partial charge in [-0.05, 0) is 48.0 Å². The van der Waals surface area contributed by atoms with Crippen molar-refractivity contribution in [1.29, 1.82) is 0 Å².